The Morgan fingerprint density at radius 3 is 2.23 bits per heavy atom. The zero-order valence-corrected chi connectivity index (χ0v) is 28.8. The molecular weight excluding hydrogens is 685 g/mol. The zero-order chi connectivity index (χ0) is 38.6. The summed E-state index contributed by atoms with van der Waals surface area (Å²) in [5, 5.41) is 31.4. The van der Waals surface area contributed by atoms with Crippen molar-refractivity contribution in [3.8, 4) is 11.5 Å². The number of rotatable bonds is 11. The number of amides is 3. The second-order valence-corrected chi connectivity index (χ2v) is 12.8. The normalized spacial score (nSPS) is 17.6. The minimum Gasteiger partial charge on any atom is -0.542 e. The lowest BCUT2D eigenvalue weighted by Gasteiger charge is -2.46. The van der Waals surface area contributed by atoms with E-state index < -0.39 is 42.1 Å². The first-order chi connectivity index (χ1) is 24.4. The number of hydrogen-bond acceptors (Lipinski definition) is 9. The number of ether oxygens (including phenoxy) is 1. The van der Waals surface area contributed by atoms with Gasteiger partial charge in [-0.25, -0.2) is 9.59 Å². The Labute approximate surface area is 299 Å². The standard InChI is InChI=1S/C35H42N4O6.C2HF3O2/c1-4-18-39(22-26-7-5-9-31(41)20-26)19-6-8-29(23-39)38(33(42)32(36)21-25-10-16-30(40)17-11-25)35(44)37-28-14-12-27(13-15-28)34(43)45-24(2)3;3-2(4,5)1(6)7/h4-5,7,9-17,20,24,29,32H,1,6,8,18-19,21-23,36H2,2-3H3,(H2-,37,40,41,43,44);(H,6,7)/t29-,32-,39?;/m0./s1. The summed E-state index contributed by atoms with van der Waals surface area (Å²) in [6.45, 7) is 10.0. The van der Waals surface area contributed by atoms with Gasteiger partial charge in [0, 0.05) is 11.3 Å². The number of anilines is 1. The average Bonchev–Trinajstić information content (AvgIpc) is 3.06. The van der Waals surface area contributed by atoms with Gasteiger partial charge in [-0.1, -0.05) is 30.8 Å². The molecule has 280 valence electrons. The number of likely N-dealkylation sites (tertiary alicyclic amines) is 1. The fraction of sp³-hybridized carbons (Fsp3) is 0.351. The number of carbonyl (C=O) groups is 4. The number of alkyl halides is 3. The number of piperidine rings is 1. The lowest BCUT2D eigenvalue weighted by atomic mass is 9.97. The molecule has 0 radical (unpaired) electrons. The van der Waals surface area contributed by atoms with Gasteiger partial charge in [0.15, 0.2) is 0 Å². The van der Waals surface area contributed by atoms with Crippen molar-refractivity contribution in [2.45, 2.75) is 64.0 Å². The topological polar surface area (TPSA) is 182 Å². The minimum absolute atomic E-state index is 0.105. The maximum absolute atomic E-state index is 14.0. The van der Waals surface area contributed by atoms with Crippen molar-refractivity contribution in [1.29, 1.82) is 0 Å². The molecule has 0 aromatic heterocycles. The number of hydrogen-bond donors (Lipinski definition) is 4. The van der Waals surface area contributed by atoms with Gasteiger partial charge in [-0.2, -0.15) is 13.2 Å². The second-order valence-electron chi connectivity index (χ2n) is 12.8. The van der Waals surface area contributed by atoms with Gasteiger partial charge >= 0.3 is 18.2 Å². The van der Waals surface area contributed by atoms with Crippen LogP contribution in [0.1, 0.15) is 48.2 Å². The number of urea groups is 1. The molecule has 1 unspecified atom stereocenters. The number of imide groups is 1. The molecule has 1 heterocycles. The highest BCUT2D eigenvalue weighted by Gasteiger charge is 2.42. The van der Waals surface area contributed by atoms with Crippen LogP contribution in [0.2, 0.25) is 0 Å². The molecule has 52 heavy (non-hydrogen) atoms. The third-order valence-corrected chi connectivity index (χ3v) is 8.19. The van der Waals surface area contributed by atoms with Crippen molar-refractivity contribution in [3.63, 3.8) is 0 Å². The number of nitrogens with zero attached hydrogens (tertiary/aromatic N) is 2. The smallest absolute Gasteiger partial charge is 0.430 e. The molecule has 1 fully saturated rings. The van der Waals surface area contributed by atoms with Crippen molar-refractivity contribution < 1.29 is 56.9 Å². The summed E-state index contributed by atoms with van der Waals surface area (Å²) in [7, 11) is 0. The maximum atomic E-state index is 14.0. The van der Waals surface area contributed by atoms with Crippen LogP contribution in [0, 0.1) is 0 Å². The number of esters is 1. The monoisotopic (exact) mass is 728 g/mol. The largest absolute Gasteiger partial charge is 0.542 e. The molecule has 3 amide bonds. The van der Waals surface area contributed by atoms with Crippen molar-refractivity contribution in [2.24, 2.45) is 5.73 Å². The van der Waals surface area contributed by atoms with Crippen LogP contribution in [0.25, 0.3) is 0 Å². The molecule has 15 heteroatoms. The summed E-state index contributed by atoms with van der Waals surface area (Å²) in [6.07, 6.45) is -2.08. The van der Waals surface area contributed by atoms with E-state index in [1.54, 1.807) is 68.4 Å². The summed E-state index contributed by atoms with van der Waals surface area (Å²) in [5.41, 5.74) is 8.90. The molecule has 5 N–H and O–H groups in total. The zero-order valence-electron chi connectivity index (χ0n) is 28.8. The molecule has 0 saturated carbocycles. The lowest BCUT2D eigenvalue weighted by Crippen LogP contribution is -2.63. The first-order valence-electron chi connectivity index (χ1n) is 16.4. The maximum Gasteiger partial charge on any atom is 0.430 e. The van der Waals surface area contributed by atoms with E-state index in [1.807, 2.05) is 12.1 Å². The molecule has 12 nitrogen and oxygen atoms in total. The molecule has 1 saturated heterocycles. The summed E-state index contributed by atoms with van der Waals surface area (Å²) in [4.78, 5) is 50.3. The van der Waals surface area contributed by atoms with Crippen molar-refractivity contribution >= 4 is 29.6 Å². The molecule has 3 aromatic rings. The van der Waals surface area contributed by atoms with Crippen molar-refractivity contribution in [2.75, 3.05) is 25.0 Å². The van der Waals surface area contributed by atoms with Crippen LogP contribution in [-0.4, -0.2) is 87.5 Å². The average molecular weight is 729 g/mol. The third kappa shape index (κ3) is 12.1. The van der Waals surface area contributed by atoms with E-state index in [1.165, 1.54) is 17.0 Å². The molecule has 3 aromatic carbocycles. The summed E-state index contributed by atoms with van der Waals surface area (Å²) in [6, 6.07) is 17.8. The van der Waals surface area contributed by atoms with Crippen LogP contribution in [0.4, 0.5) is 23.7 Å². The number of carboxylic acid groups (broad SMARTS) is 1. The highest BCUT2D eigenvalue weighted by atomic mass is 19.4. The van der Waals surface area contributed by atoms with Crippen LogP contribution < -0.4 is 16.2 Å². The van der Waals surface area contributed by atoms with E-state index in [9.17, 15) is 37.8 Å². The Morgan fingerprint density at radius 2 is 1.67 bits per heavy atom. The van der Waals surface area contributed by atoms with E-state index in [4.69, 9.17) is 20.4 Å². The number of nitrogens with two attached hydrogens (primary N) is 1. The van der Waals surface area contributed by atoms with Crippen LogP contribution in [-0.2, 0) is 27.3 Å². The Hall–Kier alpha value is -5.41. The van der Waals surface area contributed by atoms with Gasteiger partial charge in [0.2, 0.25) is 5.91 Å². The highest BCUT2D eigenvalue weighted by Crippen LogP contribution is 2.28. The number of carboxylic acids is 1. The van der Waals surface area contributed by atoms with Gasteiger partial charge in [0.05, 0.1) is 36.8 Å². The van der Waals surface area contributed by atoms with Gasteiger partial charge in [0.25, 0.3) is 0 Å². The summed E-state index contributed by atoms with van der Waals surface area (Å²) >= 11 is 0. The second kappa shape index (κ2) is 18.2. The third-order valence-electron chi connectivity index (χ3n) is 8.19. The fourth-order valence-corrected chi connectivity index (χ4v) is 5.95. The number of carbonyl (C=O) groups excluding carboxylic acids is 4. The van der Waals surface area contributed by atoms with Crippen LogP contribution >= 0.6 is 0 Å². The Balaban J connectivity index is 0.000000944. The molecule has 1 aliphatic heterocycles. The molecule has 0 spiro atoms. The number of quaternary nitrogens is 1. The van der Waals surface area contributed by atoms with Gasteiger partial charge in [0.1, 0.15) is 30.6 Å². The molecule has 1 aliphatic rings. The van der Waals surface area contributed by atoms with Gasteiger partial charge in [-0.05, 0) is 93.3 Å². The predicted octanol–water partition coefficient (Wildman–Crippen LogP) is 4.26. The van der Waals surface area contributed by atoms with Crippen LogP contribution in [0.15, 0.2) is 85.5 Å². The number of nitrogens with one attached hydrogen (secondary N) is 1. The number of benzene rings is 3. The number of phenolic OH excluding ortho intramolecular Hbond substituents is 2. The van der Waals surface area contributed by atoms with Crippen molar-refractivity contribution in [3.05, 3.63) is 102 Å². The quantitative estimate of drug-likeness (QED) is 0.127. The van der Waals surface area contributed by atoms with Crippen molar-refractivity contribution in [1.82, 2.24) is 4.90 Å². The highest BCUT2D eigenvalue weighted by molar-refractivity contribution is 6.03. The first-order valence-corrected chi connectivity index (χ1v) is 16.4. The summed E-state index contributed by atoms with van der Waals surface area (Å²) < 4.78 is 37.3. The Bertz CT molecular complexity index is 1700. The Kier molecular flexibility index (Phi) is 14.3. The molecule has 3 atom stereocenters. The van der Waals surface area contributed by atoms with E-state index >= 15 is 0 Å². The van der Waals surface area contributed by atoms with E-state index in [0.717, 1.165) is 24.1 Å². The first kappa shape index (κ1) is 41.0. The molecule has 0 bridgehead atoms. The molecule has 0 aliphatic carbocycles. The van der Waals surface area contributed by atoms with Gasteiger partial charge < -0.3 is 40.4 Å². The lowest BCUT2D eigenvalue weighted by molar-refractivity contribution is -0.941. The van der Waals surface area contributed by atoms with E-state index in [2.05, 4.69) is 11.9 Å². The minimum atomic E-state index is -5.19. The molecular formula is C37H43F3N4O8. The van der Waals surface area contributed by atoms with Gasteiger partial charge in [-0.3, -0.25) is 9.69 Å². The number of halogens is 3. The van der Waals surface area contributed by atoms with Gasteiger partial charge in [-0.15, -0.1) is 0 Å². The fourth-order valence-electron chi connectivity index (χ4n) is 5.95. The number of aromatic hydroxyl groups is 2. The molecule has 4 rings (SSSR count). The van der Waals surface area contributed by atoms with E-state index in [-0.39, 0.29) is 24.0 Å². The van der Waals surface area contributed by atoms with Crippen LogP contribution in [0.3, 0.4) is 0 Å². The Morgan fingerprint density at radius 1 is 1.04 bits per heavy atom. The number of phenols is 2. The summed E-state index contributed by atoms with van der Waals surface area (Å²) in [5.74, 6) is -3.71. The van der Waals surface area contributed by atoms with Crippen LogP contribution in [0.5, 0.6) is 11.5 Å². The SMILES string of the molecule is C=CC[N+]1(Cc2cccc(O)c2)CCC[C@H](N(C(=O)Nc2ccc(C(=O)OC(C)C)cc2)C(=O)[C@@H](N)Cc2ccc(O)cc2)C1.O=C([O-])C(F)(F)F. The number of aliphatic carboxylic acids is 1. The van der Waals surface area contributed by atoms with E-state index in [0.29, 0.717) is 41.8 Å². The predicted molar refractivity (Wildman–Crippen MR) is 184 cm³/mol.